The van der Waals surface area contributed by atoms with E-state index < -0.39 is 11.8 Å². The molecule has 0 atom stereocenters. The number of fused-ring (bicyclic) bond motifs is 1. The third-order valence-corrected chi connectivity index (χ3v) is 5.61. The second kappa shape index (κ2) is 7.23. The number of piperidine rings is 1. The lowest BCUT2D eigenvalue weighted by Crippen LogP contribution is -2.62. The van der Waals surface area contributed by atoms with Gasteiger partial charge in [-0.05, 0) is 58.7 Å². The van der Waals surface area contributed by atoms with E-state index in [0.29, 0.717) is 12.8 Å². The van der Waals surface area contributed by atoms with Gasteiger partial charge in [0.15, 0.2) is 0 Å². The van der Waals surface area contributed by atoms with Crippen LogP contribution < -0.4 is 22.1 Å². The molecule has 2 aliphatic heterocycles. The van der Waals surface area contributed by atoms with Crippen LogP contribution >= 0.6 is 0 Å². The maximum absolute atomic E-state index is 13.2. The third kappa shape index (κ3) is 3.98. The molecule has 1 fully saturated rings. The monoisotopic (exact) mass is 438 g/mol. The third-order valence-electron chi connectivity index (χ3n) is 5.61. The Morgan fingerprint density at radius 3 is 2.16 bits per heavy atom. The molecule has 3 heterocycles. The lowest BCUT2D eigenvalue weighted by atomic mass is 9.79. The van der Waals surface area contributed by atoms with Crippen molar-refractivity contribution >= 4 is 35.6 Å². The van der Waals surface area contributed by atoms with Crippen molar-refractivity contribution in [1.29, 1.82) is 0 Å². The van der Waals surface area contributed by atoms with E-state index in [-0.39, 0.29) is 57.6 Å². The van der Waals surface area contributed by atoms with Crippen molar-refractivity contribution in [1.82, 2.24) is 25.2 Å². The maximum Gasteiger partial charge on any atom is 0.261 e. The molecule has 4 rings (SSSR count). The van der Waals surface area contributed by atoms with Crippen LogP contribution in [0.1, 0.15) is 71.6 Å². The number of carbonyl (C=O) groups excluding carboxylic acids is 3. The summed E-state index contributed by atoms with van der Waals surface area (Å²) >= 11 is 0. The quantitative estimate of drug-likeness (QED) is 0.514. The molecule has 11 nitrogen and oxygen atoms in total. The van der Waals surface area contributed by atoms with Gasteiger partial charge in [0.1, 0.15) is 0 Å². The van der Waals surface area contributed by atoms with Crippen LogP contribution in [0.4, 0.5) is 17.8 Å². The number of nitrogens with one attached hydrogen (secondary N) is 2. The van der Waals surface area contributed by atoms with Gasteiger partial charge < -0.3 is 16.8 Å². The summed E-state index contributed by atoms with van der Waals surface area (Å²) in [4.78, 5) is 51.6. The van der Waals surface area contributed by atoms with Gasteiger partial charge in [0, 0.05) is 22.7 Å². The van der Waals surface area contributed by atoms with Crippen LogP contribution in [0.25, 0.3) is 0 Å². The van der Waals surface area contributed by atoms with Crippen molar-refractivity contribution in [3.05, 3.63) is 34.9 Å². The first kappa shape index (κ1) is 21.6. The lowest BCUT2D eigenvalue weighted by Gasteiger charge is -2.48. The van der Waals surface area contributed by atoms with Crippen LogP contribution in [0.3, 0.4) is 0 Å². The molecule has 2 aromatic rings. The fraction of sp³-hybridized carbons (Fsp3) is 0.429. The topological polar surface area (TPSA) is 169 Å². The molecule has 3 amide bonds. The predicted molar refractivity (Wildman–Crippen MR) is 118 cm³/mol. The van der Waals surface area contributed by atoms with Gasteiger partial charge in [0.05, 0.1) is 11.1 Å². The Bertz CT molecular complexity index is 1110. The SMILES string of the molecule is CC1(C)CC(N2C(=O)c3ccc(C(=O)Nc4nc(N)nc(N)n4)cc3C2=O)CC(C)(C)N1. The Balaban J connectivity index is 1.60. The van der Waals surface area contributed by atoms with E-state index in [0.717, 1.165) is 0 Å². The van der Waals surface area contributed by atoms with Crippen molar-refractivity contribution in [2.75, 3.05) is 16.8 Å². The van der Waals surface area contributed by atoms with E-state index in [4.69, 9.17) is 11.5 Å². The number of hydrogen-bond donors (Lipinski definition) is 4. The zero-order valence-electron chi connectivity index (χ0n) is 18.4. The van der Waals surface area contributed by atoms with Crippen LogP contribution in [0.15, 0.2) is 18.2 Å². The van der Waals surface area contributed by atoms with Gasteiger partial charge in [0.2, 0.25) is 17.8 Å². The number of carbonyl (C=O) groups is 3. The number of imide groups is 1. The molecule has 32 heavy (non-hydrogen) atoms. The fourth-order valence-electron chi connectivity index (χ4n) is 4.82. The highest BCUT2D eigenvalue weighted by molar-refractivity contribution is 6.22. The van der Waals surface area contributed by atoms with Crippen LogP contribution in [0, 0.1) is 0 Å². The Morgan fingerprint density at radius 1 is 1.00 bits per heavy atom. The van der Waals surface area contributed by atoms with Crippen LogP contribution in [-0.4, -0.2) is 54.7 Å². The Morgan fingerprint density at radius 2 is 1.56 bits per heavy atom. The normalized spacial score (nSPS) is 19.7. The number of nitrogen functional groups attached to an aromatic ring is 2. The number of rotatable bonds is 3. The van der Waals surface area contributed by atoms with Crippen LogP contribution in [-0.2, 0) is 0 Å². The fourth-order valence-corrected chi connectivity index (χ4v) is 4.82. The summed E-state index contributed by atoms with van der Waals surface area (Å²) in [5.74, 6) is -1.68. The number of hydrogen-bond acceptors (Lipinski definition) is 9. The van der Waals surface area contributed by atoms with Gasteiger partial charge in [-0.3, -0.25) is 24.6 Å². The molecule has 11 heteroatoms. The summed E-state index contributed by atoms with van der Waals surface area (Å²) in [6.07, 6.45) is 1.27. The number of amides is 3. The molecule has 0 spiro atoms. The second-order valence-electron chi connectivity index (χ2n) is 9.53. The maximum atomic E-state index is 13.2. The second-order valence-corrected chi connectivity index (χ2v) is 9.53. The average molecular weight is 438 g/mol. The zero-order chi connectivity index (χ0) is 23.4. The highest BCUT2D eigenvalue weighted by Crippen LogP contribution is 2.36. The molecule has 1 saturated heterocycles. The minimum Gasteiger partial charge on any atom is -0.368 e. The van der Waals surface area contributed by atoms with E-state index >= 15 is 0 Å². The van der Waals surface area contributed by atoms with E-state index in [9.17, 15) is 14.4 Å². The number of nitrogens with zero attached hydrogens (tertiary/aromatic N) is 4. The first-order valence-corrected chi connectivity index (χ1v) is 10.2. The first-order valence-electron chi connectivity index (χ1n) is 10.2. The highest BCUT2D eigenvalue weighted by Gasteiger charge is 2.47. The average Bonchev–Trinajstić information content (AvgIpc) is 2.88. The summed E-state index contributed by atoms with van der Waals surface area (Å²) in [6.45, 7) is 8.23. The molecule has 0 bridgehead atoms. The van der Waals surface area contributed by atoms with Crippen LogP contribution in [0.2, 0.25) is 0 Å². The number of benzene rings is 1. The first-order chi connectivity index (χ1) is 14.8. The zero-order valence-corrected chi connectivity index (χ0v) is 18.4. The summed E-state index contributed by atoms with van der Waals surface area (Å²) < 4.78 is 0. The van der Waals surface area contributed by atoms with Crippen LogP contribution in [0.5, 0.6) is 0 Å². The van der Waals surface area contributed by atoms with Crippen molar-refractivity contribution in [3.63, 3.8) is 0 Å². The summed E-state index contributed by atoms with van der Waals surface area (Å²) in [7, 11) is 0. The van der Waals surface area contributed by atoms with E-state index in [1.165, 1.54) is 23.1 Å². The Labute approximate surface area is 185 Å². The Kier molecular flexibility index (Phi) is 4.88. The lowest BCUT2D eigenvalue weighted by molar-refractivity contribution is 0.0412. The molecule has 0 unspecified atom stereocenters. The Hall–Kier alpha value is -3.60. The smallest absolute Gasteiger partial charge is 0.261 e. The van der Waals surface area contributed by atoms with E-state index in [1.807, 2.05) is 0 Å². The molecule has 2 aliphatic rings. The largest absolute Gasteiger partial charge is 0.368 e. The predicted octanol–water partition coefficient (Wildman–Crippen LogP) is 1.19. The van der Waals surface area contributed by atoms with Crippen molar-refractivity contribution in [3.8, 4) is 0 Å². The van der Waals surface area contributed by atoms with Gasteiger partial charge in [-0.2, -0.15) is 15.0 Å². The van der Waals surface area contributed by atoms with Crippen molar-refractivity contribution in [2.45, 2.75) is 57.7 Å². The molecule has 0 aliphatic carbocycles. The number of nitrogens with two attached hydrogens (primary N) is 2. The van der Waals surface area contributed by atoms with E-state index in [2.05, 4.69) is 53.3 Å². The van der Waals surface area contributed by atoms with Gasteiger partial charge in [-0.25, -0.2) is 0 Å². The molecule has 1 aromatic carbocycles. The summed E-state index contributed by atoms with van der Waals surface area (Å²) in [5, 5.41) is 6.03. The number of aromatic nitrogens is 3. The van der Waals surface area contributed by atoms with Crippen molar-refractivity contribution < 1.29 is 14.4 Å². The number of anilines is 3. The highest BCUT2D eigenvalue weighted by atomic mass is 16.2. The van der Waals surface area contributed by atoms with Gasteiger partial charge in [-0.1, -0.05) is 0 Å². The van der Waals surface area contributed by atoms with Crippen molar-refractivity contribution in [2.24, 2.45) is 0 Å². The molecule has 168 valence electrons. The minimum absolute atomic E-state index is 0.108. The molecule has 0 saturated carbocycles. The molecular formula is C21H26N8O3. The molecule has 1 aromatic heterocycles. The summed E-state index contributed by atoms with van der Waals surface area (Å²) in [5.41, 5.74) is 11.2. The van der Waals surface area contributed by atoms with E-state index in [1.54, 1.807) is 0 Å². The van der Waals surface area contributed by atoms with Gasteiger partial charge in [-0.15, -0.1) is 0 Å². The minimum atomic E-state index is -0.569. The standard InChI is InChI=1S/C21H26N8O3/c1-20(2)8-11(9-21(3,4)28-20)29-15(31)12-6-5-10(7-13(12)16(29)32)14(30)24-19-26-17(22)25-18(23)27-19/h5-7,11,28H,8-9H2,1-4H3,(H5,22,23,24,25,26,27,30). The molecular weight excluding hydrogens is 412 g/mol. The van der Waals surface area contributed by atoms with Gasteiger partial charge in [0.25, 0.3) is 17.7 Å². The summed E-state index contributed by atoms with van der Waals surface area (Å²) in [6, 6.07) is 4.14. The molecule has 0 radical (unpaired) electrons. The van der Waals surface area contributed by atoms with Gasteiger partial charge >= 0.3 is 0 Å². The molecule has 6 N–H and O–H groups in total.